The van der Waals surface area contributed by atoms with E-state index in [0.717, 1.165) is 19.6 Å². The highest BCUT2D eigenvalue weighted by atomic mass is 15.3. The average molecular weight is 256 g/mol. The molecule has 0 aliphatic carbocycles. The van der Waals surface area contributed by atoms with Gasteiger partial charge < -0.3 is 10.6 Å². The summed E-state index contributed by atoms with van der Waals surface area (Å²) in [6, 6.07) is 8.60. The maximum Gasteiger partial charge on any atom is 0.0584 e. The fourth-order valence-corrected chi connectivity index (χ4v) is 2.74. The van der Waals surface area contributed by atoms with E-state index in [2.05, 4.69) is 28.2 Å². The van der Waals surface area contributed by atoms with E-state index in [1.165, 1.54) is 29.7 Å². The summed E-state index contributed by atoms with van der Waals surface area (Å²) in [5, 5.41) is 4.26. The van der Waals surface area contributed by atoms with Crippen molar-refractivity contribution in [3.05, 3.63) is 47.8 Å². The van der Waals surface area contributed by atoms with Crippen LogP contribution in [0.2, 0.25) is 0 Å². The fourth-order valence-electron chi connectivity index (χ4n) is 2.74. The Labute approximate surface area is 113 Å². The van der Waals surface area contributed by atoms with Crippen LogP contribution in [-0.4, -0.2) is 22.9 Å². The summed E-state index contributed by atoms with van der Waals surface area (Å²) < 4.78 is 1.99. The highest BCUT2D eigenvalue weighted by Gasteiger charge is 2.16. The van der Waals surface area contributed by atoms with Gasteiger partial charge in [0.1, 0.15) is 0 Å². The molecule has 0 radical (unpaired) electrons. The molecule has 0 fully saturated rings. The summed E-state index contributed by atoms with van der Waals surface area (Å²) in [5.74, 6) is 0. The van der Waals surface area contributed by atoms with Gasteiger partial charge in [0.2, 0.25) is 0 Å². The van der Waals surface area contributed by atoms with Crippen LogP contribution in [0, 0.1) is 0 Å². The molecule has 4 heteroatoms. The summed E-state index contributed by atoms with van der Waals surface area (Å²) in [5.41, 5.74) is 9.76. The van der Waals surface area contributed by atoms with E-state index in [1.807, 2.05) is 23.1 Å². The molecular formula is C15H20N4. The molecule has 1 aromatic carbocycles. The Hall–Kier alpha value is -1.81. The third kappa shape index (κ3) is 2.63. The number of aromatic nitrogens is 2. The second-order valence-corrected chi connectivity index (χ2v) is 5.03. The van der Waals surface area contributed by atoms with Gasteiger partial charge in [0, 0.05) is 37.7 Å². The minimum Gasteiger partial charge on any atom is -0.369 e. The van der Waals surface area contributed by atoms with Crippen LogP contribution < -0.4 is 10.6 Å². The number of anilines is 1. The molecule has 2 heterocycles. The number of hydrogen-bond donors (Lipinski definition) is 1. The van der Waals surface area contributed by atoms with Gasteiger partial charge in [-0.15, -0.1) is 0 Å². The van der Waals surface area contributed by atoms with Gasteiger partial charge in [-0.05, 0) is 36.1 Å². The molecule has 2 aromatic rings. The Bertz CT molecular complexity index is 533. The maximum absolute atomic E-state index is 5.72. The first kappa shape index (κ1) is 12.2. The van der Waals surface area contributed by atoms with Crippen molar-refractivity contribution >= 4 is 5.69 Å². The Kier molecular flexibility index (Phi) is 3.51. The number of nitrogens with two attached hydrogens (primary N) is 1. The van der Waals surface area contributed by atoms with E-state index < -0.39 is 0 Å². The SMILES string of the molecule is NCc1ccc2c(c1)CCCN2CCn1cccn1. The normalized spacial score (nSPS) is 14.5. The van der Waals surface area contributed by atoms with Gasteiger partial charge in [-0.1, -0.05) is 12.1 Å². The van der Waals surface area contributed by atoms with Gasteiger partial charge in [0.05, 0.1) is 6.54 Å². The molecule has 2 N–H and O–H groups in total. The second-order valence-electron chi connectivity index (χ2n) is 5.03. The van der Waals surface area contributed by atoms with Crippen molar-refractivity contribution in [3.63, 3.8) is 0 Å². The van der Waals surface area contributed by atoms with E-state index in [9.17, 15) is 0 Å². The number of rotatable bonds is 4. The van der Waals surface area contributed by atoms with Crippen LogP contribution in [0.5, 0.6) is 0 Å². The molecular weight excluding hydrogens is 236 g/mol. The Morgan fingerprint density at radius 3 is 3.00 bits per heavy atom. The van der Waals surface area contributed by atoms with E-state index in [-0.39, 0.29) is 0 Å². The number of aryl methyl sites for hydroxylation is 1. The van der Waals surface area contributed by atoms with Crippen LogP contribution in [-0.2, 0) is 19.5 Å². The van der Waals surface area contributed by atoms with Crippen molar-refractivity contribution in [2.24, 2.45) is 5.73 Å². The van der Waals surface area contributed by atoms with Gasteiger partial charge in [-0.3, -0.25) is 4.68 Å². The molecule has 0 bridgehead atoms. The third-order valence-electron chi connectivity index (χ3n) is 3.75. The molecule has 0 amide bonds. The largest absolute Gasteiger partial charge is 0.369 e. The van der Waals surface area contributed by atoms with Crippen LogP contribution in [0.3, 0.4) is 0 Å². The summed E-state index contributed by atoms with van der Waals surface area (Å²) in [6.45, 7) is 3.71. The predicted octanol–water partition coefficient (Wildman–Crippen LogP) is 1.79. The lowest BCUT2D eigenvalue weighted by Gasteiger charge is -2.31. The lowest BCUT2D eigenvalue weighted by Crippen LogP contribution is -2.32. The number of hydrogen-bond acceptors (Lipinski definition) is 3. The van der Waals surface area contributed by atoms with Crippen molar-refractivity contribution in [3.8, 4) is 0 Å². The lowest BCUT2D eigenvalue weighted by molar-refractivity contribution is 0.579. The van der Waals surface area contributed by atoms with Crippen molar-refractivity contribution in [1.29, 1.82) is 0 Å². The first-order chi connectivity index (χ1) is 9.36. The van der Waals surface area contributed by atoms with Crippen molar-refractivity contribution in [1.82, 2.24) is 9.78 Å². The zero-order valence-corrected chi connectivity index (χ0v) is 11.1. The molecule has 1 aromatic heterocycles. The Morgan fingerprint density at radius 1 is 1.26 bits per heavy atom. The Balaban J connectivity index is 1.74. The first-order valence-corrected chi connectivity index (χ1v) is 6.91. The molecule has 0 unspecified atom stereocenters. The molecule has 100 valence electrons. The molecule has 1 aliphatic heterocycles. The van der Waals surface area contributed by atoms with E-state index in [0.29, 0.717) is 6.54 Å². The number of fused-ring (bicyclic) bond motifs is 1. The van der Waals surface area contributed by atoms with E-state index in [4.69, 9.17) is 5.73 Å². The monoisotopic (exact) mass is 256 g/mol. The first-order valence-electron chi connectivity index (χ1n) is 6.91. The van der Waals surface area contributed by atoms with E-state index >= 15 is 0 Å². The standard InChI is InChI=1S/C15H20N4/c16-12-13-4-5-15-14(11-13)3-1-7-18(15)9-10-19-8-2-6-17-19/h2,4-6,8,11H,1,3,7,9-10,12,16H2. The van der Waals surface area contributed by atoms with Gasteiger partial charge in [-0.2, -0.15) is 5.10 Å². The average Bonchev–Trinajstić information content (AvgIpc) is 2.97. The van der Waals surface area contributed by atoms with Crippen LogP contribution in [0.1, 0.15) is 17.5 Å². The summed E-state index contributed by atoms with van der Waals surface area (Å²) in [4.78, 5) is 2.46. The smallest absolute Gasteiger partial charge is 0.0584 e. The summed E-state index contributed by atoms with van der Waals surface area (Å²) in [6.07, 6.45) is 6.24. The van der Waals surface area contributed by atoms with Gasteiger partial charge >= 0.3 is 0 Å². The van der Waals surface area contributed by atoms with Crippen LogP contribution in [0.25, 0.3) is 0 Å². The molecule has 0 saturated heterocycles. The predicted molar refractivity (Wildman–Crippen MR) is 77.1 cm³/mol. The van der Waals surface area contributed by atoms with Gasteiger partial charge in [-0.25, -0.2) is 0 Å². The van der Waals surface area contributed by atoms with Crippen molar-refractivity contribution in [2.45, 2.75) is 25.9 Å². The third-order valence-corrected chi connectivity index (χ3v) is 3.75. The Morgan fingerprint density at radius 2 is 2.21 bits per heavy atom. The maximum atomic E-state index is 5.72. The van der Waals surface area contributed by atoms with Crippen molar-refractivity contribution in [2.75, 3.05) is 18.0 Å². The quantitative estimate of drug-likeness (QED) is 0.907. The highest BCUT2D eigenvalue weighted by Crippen LogP contribution is 2.27. The van der Waals surface area contributed by atoms with Crippen molar-refractivity contribution < 1.29 is 0 Å². The number of benzene rings is 1. The minimum atomic E-state index is 0.626. The number of nitrogens with zero attached hydrogens (tertiary/aromatic N) is 3. The van der Waals surface area contributed by atoms with Crippen LogP contribution in [0.4, 0.5) is 5.69 Å². The summed E-state index contributed by atoms with van der Waals surface area (Å²) in [7, 11) is 0. The fraction of sp³-hybridized carbons (Fsp3) is 0.400. The van der Waals surface area contributed by atoms with Crippen LogP contribution >= 0.6 is 0 Å². The highest BCUT2D eigenvalue weighted by molar-refractivity contribution is 5.56. The molecule has 0 saturated carbocycles. The second kappa shape index (κ2) is 5.45. The van der Waals surface area contributed by atoms with Gasteiger partial charge in [0.15, 0.2) is 0 Å². The molecule has 4 nitrogen and oxygen atoms in total. The zero-order chi connectivity index (χ0) is 13.1. The molecule has 0 spiro atoms. The topological polar surface area (TPSA) is 47.1 Å². The molecule has 3 rings (SSSR count). The van der Waals surface area contributed by atoms with E-state index in [1.54, 1.807) is 0 Å². The molecule has 0 atom stereocenters. The van der Waals surface area contributed by atoms with Crippen LogP contribution in [0.15, 0.2) is 36.7 Å². The summed E-state index contributed by atoms with van der Waals surface area (Å²) >= 11 is 0. The molecule has 1 aliphatic rings. The zero-order valence-electron chi connectivity index (χ0n) is 11.1. The lowest BCUT2D eigenvalue weighted by atomic mass is 9.99. The molecule has 19 heavy (non-hydrogen) atoms. The minimum absolute atomic E-state index is 0.626. The van der Waals surface area contributed by atoms with Gasteiger partial charge in [0.25, 0.3) is 0 Å².